The summed E-state index contributed by atoms with van der Waals surface area (Å²) in [5, 5.41) is -0.832. The number of hydrogen-bond acceptors (Lipinski definition) is 5. The number of esters is 1. The van der Waals surface area contributed by atoms with Crippen molar-refractivity contribution in [3.8, 4) is 0 Å². The van der Waals surface area contributed by atoms with Crippen LogP contribution in [0.15, 0.2) is 12.7 Å². The molecule has 3 atom stereocenters. The lowest BCUT2D eigenvalue weighted by Gasteiger charge is -2.14. The van der Waals surface area contributed by atoms with E-state index in [1.165, 1.54) is 6.92 Å². The molecule has 0 radical (unpaired) electrons. The van der Waals surface area contributed by atoms with E-state index in [-0.39, 0.29) is 0 Å². The van der Waals surface area contributed by atoms with E-state index < -0.39 is 33.5 Å². The van der Waals surface area contributed by atoms with Crippen LogP contribution < -0.4 is 0 Å². The molecule has 1 aliphatic heterocycles. The van der Waals surface area contributed by atoms with Crippen LogP contribution in [0, 0.1) is 0 Å². The maximum Gasteiger partial charge on any atom is 0.330 e. The molecule has 1 aliphatic rings. The first-order valence-corrected chi connectivity index (χ1v) is 5.61. The van der Waals surface area contributed by atoms with Crippen LogP contribution in [0.1, 0.15) is 13.8 Å². The predicted molar refractivity (Wildman–Crippen MR) is 49.0 cm³/mol. The summed E-state index contributed by atoms with van der Waals surface area (Å²) in [5.74, 6) is -0.644. The molecule has 0 spiro atoms. The van der Waals surface area contributed by atoms with Crippen molar-refractivity contribution < 1.29 is 22.1 Å². The Labute approximate surface area is 82.8 Å². The predicted octanol–water partition coefficient (Wildman–Crippen LogP) is 0.221. The van der Waals surface area contributed by atoms with E-state index in [0.29, 0.717) is 0 Å². The van der Waals surface area contributed by atoms with Gasteiger partial charge in [0.05, 0.1) is 0 Å². The summed E-state index contributed by atoms with van der Waals surface area (Å²) in [6.45, 7) is 6.21. The molecular formula is C8H12O5S. The molecule has 0 amide bonds. The zero-order valence-corrected chi connectivity index (χ0v) is 8.78. The van der Waals surface area contributed by atoms with E-state index in [2.05, 4.69) is 10.8 Å². The first-order valence-electron chi connectivity index (χ1n) is 4.13. The second-order valence-corrected chi connectivity index (χ2v) is 5.03. The fourth-order valence-electron chi connectivity index (χ4n) is 1.27. The van der Waals surface area contributed by atoms with Gasteiger partial charge in [-0.2, -0.15) is 8.42 Å². The Morgan fingerprint density at radius 1 is 1.50 bits per heavy atom. The summed E-state index contributed by atoms with van der Waals surface area (Å²) in [6, 6.07) is 0. The van der Waals surface area contributed by atoms with Crippen LogP contribution in [-0.4, -0.2) is 31.8 Å². The molecule has 3 unspecified atom stereocenters. The van der Waals surface area contributed by atoms with Gasteiger partial charge in [-0.25, -0.2) is 4.79 Å². The topological polar surface area (TPSA) is 69.7 Å². The molecule has 1 fully saturated rings. The van der Waals surface area contributed by atoms with E-state index in [0.717, 1.165) is 6.08 Å². The molecule has 6 heteroatoms. The van der Waals surface area contributed by atoms with E-state index in [1.54, 1.807) is 6.92 Å². The quantitative estimate of drug-likeness (QED) is 0.378. The summed E-state index contributed by atoms with van der Waals surface area (Å²) >= 11 is 0. The Bertz CT molecular complexity index is 345. The molecule has 1 rings (SSSR count). The Morgan fingerprint density at radius 2 is 2.07 bits per heavy atom. The average molecular weight is 220 g/mol. The molecule has 0 aromatic rings. The molecule has 80 valence electrons. The van der Waals surface area contributed by atoms with Crippen molar-refractivity contribution in [1.29, 1.82) is 0 Å². The van der Waals surface area contributed by atoms with Crippen molar-refractivity contribution in [3.63, 3.8) is 0 Å². The summed E-state index contributed by atoms with van der Waals surface area (Å²) in [4.78, 5) is 10.9. The maximum absolute atomic E-state index is 11.2. The highest BCUT2D eigenvalue weighted by molar-refractivity contribution is 7.87. The SMILES string of the molecule is C=CC(=O)OC1C(C)OS(=O)(=O)C1C. The van der Waals surface area contributed by atoms with E-state index in [9.17, 15) is 13.2 Å². The van der Waals surface area contributed by atoms with Gasteiger partial charge in [-0.1, -0.05) is 6.58 Å². The van der Waals surface area contributed by atoms with Crippen molar-refractivity contribution in [2.75, 3.05) is 0 Å². The number of carbonyl (C=O) groups excluding carboxylic acids is 1. The molecule has 0 N–H and O–H groups in total. The molecular weight excluding hydrogens is 208 g/mol. The summed E-state index contributed by atoms with van der Waals surface area (Å²) < 4.78 is 32.0. The number of hydrogen-bond donors (Lipinski definition) is 0. The maximum atomic E-state index is 11.2. The lowest BCUT2D eigenvalue weighted by molar-refractivity contribution is -0.145. The smallest absolute Gasteiger partial charge is 0.330 e. The minimum atomic E-state index is -3.59. The minimum Gasteiger partial charge on any atom is -0.455 e. The number of rotatable bonds is 2. The molecule has 5 nitrogen and oxygen atoms in total. The molecule has 0 bridgehead atoms. The first kappa shape index (κ1) is 11.2. The van der Waals surface area contributed by atoms with Gasteiger partial charge in [0, 0.05) is 6.08 Å². The van der Waals surface area contributed by atoms with Gasteiger partial charge in [-0.15, -0.1) is 0 Å². The van der Waals surface area contributed by atoms with Crippen LogP contribution in [0.5, 0.6) is 0 Å². The second kappa shape index (κ2) is 3.70. The number of ether oxygens (including phenoxy) is 1. The van der Waals surface area contributed by atoms with Crippen LogP contribution in [-0.2, 0) is 23.8 Å². The lowest BCUT2D eigenvalue weighted by atomic mass is 10.2. The van der Waals surface area contributed by atoms with Crippen molar-refractivity contribution in [2.24, 2.45) is 0 Å². The van der Waals surface area contributed by atoms with Gasteiger partial charge in [-0.3, -0.25) is 4.18 Å². The molecule has 14 heavy (non-hydrogen) atoms. The third-order valence-electron chi connectivity index (χ3n) is 2.09. The molecule has 0 aromatic carbocycles. The second-order valence-electron chi connectivity index (χ2n) is 3.10. The van der Waals surface area contributed by atoms with Gasteiger partial charge in [0.2, 0.25) is 0 Å². The highest BCUT2D eigenvalue weighted by atomic mass is 32.2. The van der Waals surface area contributed by atoms with Gasteiger partial charge in [0.25, 0.3) is 10.1 Å². The van der Waals surface area contributed by atoms with Crippen LogP contribution in [0.2, 0.25) is 0 Å². The van der Waals surface area contributed by atoms with Crippen LogP contribution in [0.25, 0.3) is 0 Å². The molecule has 0 saturated carbocycles. The zero-order chi connectivity index (χ0) is 10.9. The fraction of sp³-hybridized carbons (Fsp3) is 0.625. The average Bonchev–Trinajstić information content (AvgIpc) is 2.28. The van der Waals surface area contributed by atoms with E-state index >= 15 is 0 Å². The van der Waals surface area contributed by atoms with Crippen molar-refractivity contribution >= 4 is 16.1 Å². The van der Waals surface area contributed by atoms with Crippen LogP contribution >= 0.6 is 0 Å². The Balaban J connectivity index is 2.81. The van der Waals surface area contributed by atoms with Gasteiger partial charge < -0.3 is 4.74 Å². The normalized spacial score (nSPS) is 35.1. The highest BCUT2D eigenvalue weighted by Crippen LogP contribution is 2.26. The van der Waals surface area contributed by atoms with Crippen LogP contribution in [0.3, 0.4) is 0 Å². The Kier molecular flexibility index (Phi) is 2.96. The third-order valence-corrected chi connectivity index (χ3v) is 3.84. The van der Waals surface area contributed by atoms with Gasteiger partial charge in [0.15, 0.2) is 0 Å². The van der Waals surface area contributed by atoms with Gasteiger partial charge in [-0.05, 0) is 13.8 Å². The third kappa shape index (κ3) is 1.96. The first-order chi connectivity index (χ1) is 6.38. The standard InChI is InChI=1S/C8H12O5S/c1-4-7(9)12-8-5(2)13-14(10,11)6(8)3/h4-6,8H,1H2,2-3H3. The zero-order valence-electron chi connectivity index (χ0n) is 7.97. The fourth-order valence-corrected chi connectivity index (χ4v) is 2.59. The van der Waals surface area contributed by atoms with Gasteiger partial charge in [0.1, 0.15) is 17.5 Å². The Morgan fingerprint density at radius 3 is 2.43 bits per heavy atom. The van der Waals surface area contributed by atoms with Crippen molar-refractivity contribution in [3.05, 3.63) is 12.7 Å². The van der Waals surface area contributed by atoms with Gasteiger partial charge >= 0.3 is 5.97 Å². The molecule has 1 heterocycles. The van der Waals surface area contributed by atoms with Crippen molar-refractivity contribution in [2.45, 2.75) is 31.3 Å². The Hall–Kier alpha value is -0.880. The summed E-state index contributed by atoms with van der Waals surface area (Å²) in [5.41, 5.74) is 0. The monoisotopic (exact) mass is 220 g/mol. The molecule has 0 aromatic heterocycles. The summed E-state index contributed by atoms with van der Waals surface area (Å²) in [6.07, 6.45) is -0.408. The van der Waals surface area contributed by atoms with E-state index in [4.69, 9.17) is 4.74 Å². The minimum absolute atomic E-state index is 0.640. The summed E-state index contributed by atoms with van der Waals surface area (Å²) in [7, 11) is -3.59. The highest BCUT2D eigenvalue weighted by Gasteiger charge is 2.45. The lowest BCUT2D eigenvalue weighted by Crippen LogP contribution is -2.32. The molecule has 0 aliphatic carbocycles. The van der Waals surface area contributed by atoms with E-state index in [1.807, 2.05) is 0 Å². The number of carbonyl (C=O) groups is 1. The van der Waals surface area contributed by atoms with Crippen molar-refractivity contribution in [1.82, 2.24) is 0 Å². The van der Waals surface area contributed by atoms with Crippen LogP contribution in [0.4, 0.5) is 0 Å². The largest absolute Gasteiger partial charge is 0.455 e. The molecule has 1 saturated heterocycles.